The van der Waals surface area contributed by atoms with Crippen LogP contribution >= 0.6 is 0 Å². The molecule has 2 amide bonds. The number of ether oxygens (including phenoxy) is 1. The van der Waals surface area contributed by atoms with Gasteiger partial charge >= 0.3 is 0 Å². The Hall–Kier alpha value is -3.89. The average molecular weight is 496 g/mol. The van der Waals surface area contributed by atoms with Gasteiger partial charge in [-0.3, -0.25) is 14.9 Å². The van der Waals surface area contributed by atoms with Crippen LogP contribution in [-0.2, 0) is 34.3 Å². The van der Waals surface area contributed by atoms with E-state index >= 15 is 0 Å². The van der Waals surface area contributed by atoms with Crippen LogP contribution in [-0.4, -0.2) is 38.2 Å². The van der Waals surface area contributed by atoms with Gasteiger partial charge in [-0.05, 0) is 48.4 Å². The smallest absolute Gasteiger partial charge is 0.251 e. The summed E-state index contributed by atoms with van der Waals surface area (Å²) in [6.45, 7) is 3.96. The van der Waals surface area contributed by atoms with Crippen LogP contribution in [0.1, 0.15) is 27.2 Å². The first-order valence-corrected chi connectivity index (χ1v) is 12.3. The van der Waals surface area contributed by atoms with E-state index in [0.717, 1.165) is 17.4 Å². The van der Waals surface area contributed by atoms with Crippen molar-refractivity contribution in [2.24, 2.45) is 0 Å². The Morgan fingerprint density at radius 3 is 2.57 bits per heavy atom. The second kappa shape index (κ2) is 10.2. The molecule has 9 nitrogen and oxygen atoms in total. The summed E-state index contributed by atoms with van der Waals surface area (Å²) in [5, 5.41) is 5.36. The van der Waals surface area contributed by atoms with Gasteiger partial charge in [-0.15, -0.1) is 0 Å². The number of anilines is 1. The Morgan fingerprint density at radius 1 is 1.14 bits per heavy atom. The molecule has 0 unspecified atom stereocenters. The van der Waals surface area contributed by atoms with E-state index < -0.39 is 15.9 Å². The number of nitrogens with one attached hydrogen (secondary N) is 2. The lowest BCUT2D eigenvalue weighted by molar-refractivity contribution is -0.112. The van der Waals surface area contributed by atoms with Crippen LogP contribution in [0.25, 0.3) is 0 Å². The molecule has 0 spiro atoms. The highest BCUT2D eigenvalue weighted by atomic mass is 32.2. The topological polar surface area (TPSA) is 118 Å². The van der Waals surface area contributed by atoms with E-state index in [1.54, 1.807) is 13.2 Å². The summed E-state index contributed by atoms with van der Waals surface area (Å²) < 4.78 is 38.3. The minimum Gasteiger partial charge on any atom is -0.496 e. The number of rotatable bonds is 9. The van der Waals surface area contributed by atoms with Crippen molar-refractivity contribution >= 4 is 27.7 Å². The zero-order valence-corrected chi connectivity index (χ0v) is 19.9. The number of hydrogen-bond acceptors (Lipinski definition) is 6. The number of sulfonamides is 1. The Bertz CT molecular complexity index is 1340. The predicted molar refractivity (Wildman–Crippen MR) is 129 cm³/mol. The van der Waals surface area contributed by atoms with E-state index in [2.05, 4.69) is 17.2 Å². The fraction of sp³-hybridized carbons (Fsp3) is 0.200. The molecule has 1 aliphatic rings. The van der Waals surface area contributed by atoms with Crippen LogP contribution in [0.3, 0.4) is 0 Å². The number of amides is 2. The molecule has 0 atom stereocenters. The number of methoxy groups -OCH3 is 1. The Labute approximate surface area is 203 Å². The van der Waals surface area contributed by atoms with Crippen LogP contribution in [0.4, 0.5) is 5.88 Å². The Morgan fingerprint density at radius 2 is 1.89 bits per heavy atom. The number of carbonyl (C=O) groups excluding carboxylic acids is 2. The molecule has 1 aromatic heterocycles. The molecule has 0 bridgehead atoms. The molecule has 35 heavy (non-hydrogen) atoms. The number of benzene rings is 2. The molecule has 182 valence electrons. The van der Waals surface area contributed by atoms with Crippen molar-refractivity contribution in [2.45, 2.75) is 24.4 Å². The number of carbonyl (C=O) groups is 2. The molecule has 10 heteroatoms. The minimum atomic E-state index is -3.80. The van der Waals surface area contributed by atoms with Gasteiger partial charge in [-0.1, -0.05) is 24.8 Å². The minimum absolute atomic E-state index is 0.0484. The third-order valence-corrected chi connectivity index (χ3v) is 7.43. The fourth-order valence-electron chi connectivity index (χ4n) is 3.79. The first-order valence-electron chi connectivity index (χ1n) is 10.9. The lowest BCUT2D eigenvalue weighted by atomic mass is 10.1. The maximum absolute atomic E-state index is 13.1. The van der Waals surface area contributed by atoms with Crippen LogP contribution in [0.2, 0.25) is 0 Å². The highest BCUT2D eigenvalue weighted by Gasteiger charge is 2.33. The van der Waals surface area contributed by atoms with Crippen LogP contribution in [0.5, 0.6) is 5.75 Å². The summed E-state index contributed by atoms with van der Waals surface area (Å²) >= 11 is 0. The van der Waals surface area contributed by atoms with Gasteiger partial charge in [0.25, 0.3) is 5.91 Å². The molecule has 0 saturated heterocycles. The number of nitrogens with zero attached hydrogens (tertiary/aromatic N) is 1. The second-order valence-electron chi connectivity index (χ2n) is 7.87. The van der Waals surface area contributed by atoms with E-state index in [1.165, 1.54) is 28.6 Å². The third-order valence-electron chi connectivity index (χ3n) is 5.62. The average Bonchev–Trinajstić information content (AvgIpc) is 3.43. The molecular formula is C25H25N3O6S. The first-order chi connectivity index (χ1) is 16.8. The molecule has 3 aromatic rings. The van der Waals surface area contributed by atoms with E-state index in [-0.39, 0.29) is 29.8 Å². The zero-order valence-electron chi connectivity index (χ0n) is 19.1. The maximum atomic E-state index is 13.1. The Balaban J connectivity index is 1.35. The van der Waals surface area contributed by atoms with Gasteiger partial charge in [-0.25, -0.2) is 8.42 Å². The van der Waals surface area contributed by atoms with Crippen molar-refractivity contribution in [3.8, 4) is 5.75 Å². The molecule has 0 radical (unpaired) electrons. The van der Waals surface area contributed by atoms with Gasteiger partial charge in [0, 0.05) is 30.3 Å². The summed E-state index contributed by atoms with van der Waals surface area (Å²) in [6.07, 6.45) is 1.72. The molecule has 2 heterocycles. The highest BCUT2D eigenvalue weighted by Crippen LogP contribution is 2.32. The highest BCUT2D eigenvalue weighted by molar-refractivity contribution is 7.89. The summed E-state index contributed by atoms with van der Waals surface area (Å²) in [5.74, 6) is 0.776. The van der Waals surface area contributed by atoms with Crippen molar-refractivity contribution in [1.82, 2.24) is 9.62 Å². The standard InChI is InChI=1S/C25H25N3O6S/c1-3-23(29)27-24-14-19-15-28(16-22(19)34-24)35(31,32)20-10-8-18(9-11-20)25(30)26-13-12-17-6-4-5-7-21(17)33-2/h3-11,14H,1,12-13,15-16H2,2H3,(H,26,30)(H,27,29). The lowest BCUT2D eigenvalue weighted by Crippen LogP contribution is -2.27. The molecule has 1 aliphatic heterocycles. The van der Waals surface area contributed by atoms with Crippen molar-refractivity contribution < 1.29 is 27.2 Å². The van der Waals surface area contributed by atoms with E-state index in [9.17, 15) is 18.0 Å². The SMILES string of the molecule is C=CC(=O)Nc1cc2c(o1)CN(S(=O)(=O)c1ccc(C(=O)NCCc3ccccc3OC)cc1)C2. The fourth-order valence-corrected chi connectivity index (χ4v) is 5.17. The van der Waals surface area contributed by atoms with Gasteiger partial charge in [0.15, 0.2) is 5.88 Å². The molecule has 0 fully saturated rings. The van der Waals surface area contributed by atoms with Crippen molar-refractivity contribution in [2.75, 3.05) is 19.0 Å². The quantitative estimate of drug-likeness (QED) is 0.441. The number of para-hydroxylation sites is 1. The van der Waals surface area contributed by atoms with E-state index in [0.29, 0.717) is 29.9 Å². The van der Waals surface area contributed by atoms with Gasteiger partial charge in [0.1, 0.15) is 11.5 Å². The summed E-state index contributed by atoms with van der Waals surface area (Å²) in [6, 6.07) is 15.0. The summed E-state index contributed by atoms with van der Waals surface area (Å²) in [5.41, 5.74) is 2.02. The van der Waals surface area contributed by atoms with E-state index in [4.69, 9.17) is 9.15 Å². The summed E-state index contributed by atoms with van der Waals surface area (Å²) in [4.78, 5) is 24.0. The zero-order chi connectivity index (χ0) is 25.0. The third kappa shape index (κ3) is 5.28. The van der Waals surface area contributed by atoms with Crippen LogP contribution in [0, 0.1) is 0 Å². The molecular weight excluding hydrogens is 470 g/mol. The first kappa shape index (κ1) is 24.2. The van der Waals surface area contributed by atoms with Crippen molar-refractivity contribution in [3.63, 3.8) is 0 Å². The van der Waals surface area contributed by atoms with Crippen LogP contribution in [0.15, 0.2) is 76.6 Å². The Kier molecular flexibility index (Phi) is 7.04. The van der Waals surface area contributed by atoms with Crippen LogP contribution < -0.4 is 15.4 Å². The predicted octanol–water partition coefficient (Wildman–Crippen LogP) is 3.09. The summed E-state index contributed by atoms with van der Waals surface area (Å²) in [7, 11) is -2.19. The largest absolute Gasteiger partial charge is 0.496 e. The van der Waals surface area contributed by atoms with Crippen molar-refractivity contribution in [1.29, 1.82) is 0 Å². The molecule has 0 aliphatic carbocycles. The number of fused-ring (bicyclic) bond motifs is 1. The second-order valence-corrected chi connectivity index (χ2v) is 9.81. The lowest BCUT2D eigenvalue weighted by Gasteiger charge is -2.16. The molecule has 2 N–H and O–H groups in total. The molecule has 4 rings (SSSR count). The van der Waals surface area contributed by atoms with Gasteiger partial charge in [-0.2, -0.15) is 4.31 Å². The van der Waals surface area contributed by atoms with Crippen molar-refractivity contribution in [3.05, 3.63) is 89.7 Å². The number of hydrogen-bond donors (Lipinski definition) is 2. The normalized spacial score (nSPS) is 13.2. The van der Waals surface area contributed by atoms with Gasteiger partial charge in [0.05, 0.1) is 18.6 Å². The van der Waals surface area contributed by atoms with Gasteiger partial charge in [0.2, 0.25) is 15.9 Å². The maximum Gasteiger partial charge on any atom is 0.251 e. The van der Waals surface area contributed by atoms with Gasteiger partial charge < -0.3 is 14.5 Å². The van der Waals surface area contributed by atoms with E-state index in [1.807, 2.05) is 24.3 Å². The molecule has 2 aromatic carbocycles. The number of furan rings is 1. The molecule has 0 saturated carbocycles. The monoisotopic (exact) mass is 495 g/mol.